The second-order valence-electron chi connectivity index (χ2n) is 6.20. The van der Waals surface area contributed by atoms with Crippen molar-refractivity contribution in [2.24, 2.45) is 11.7 Å². The molecule has 1 fully saturated rings. The van der Waals surface area contributed by atoms with Gasteiger partial charge in [-0.1, -0.05) is 18.2 Å². The standard InChI is InChI=1S/C17H21N3O2/c1-11-16(13-4-2-3-5-14(13)19-11)15(21)10-20-8-6-12(7-9-20)17(18)22/h2-5,12,19H,6-10H2,1H3,(H2,18,22)/p+1. The van der Waals surface area contributed by atoms with E-state index in [0.717, 1.165) is 48.1 Å². The maximum atomic E-state index is 12.7. The summed E-state index contributed by atoms with van der Waals surface area (Å²) in [6, 6.07) is 7.90. The van der Waals surface area contributed by atoms with Crippen LogP contribution >= 0.6 is 0 Å². The van der Waals surface area contributed by atoms with Crippen molar-refractivity contribution in [2.45, 2.75) is 19.8 Å². The van der Waals surface area contributed by atoms with Gasteiger partial charge in [0.05, 0.1) is 18.7 Å². The molecule has 0 radical (unpaired) electrons. The van der Waals surface area contributed by atoms with E-state index in [2.05, 4.69) is 4.98 Å². The minimum absolute atomic E-state index is 0.0197. The summed E-state index contributed by atoms with van der Waals surface area (Å²) >= 11 is 0. The van der Waals surface area contributed by atoms with Gasteiger partial charge in [-0.2, -0.15) is 0 Å². The first kappa shape index (κ1) is 14.8. The molecule has 116 valence electrons. The van der Waals surface area contributed by atoms with Crippen LogP contribution in [-0.4, -0.2) is 36.3 Å². The Labute approximate surface area is 129 Å². The number of H-pyrrole nitrogens is 1. The molecule has 4 N–H and O–H groups in total. The van der Waals surface area contributed by atoms with Crippen LogP contribution in [-0.2, 0) is 4.79 Å². The molecule has 5 heteroatoms. The van der Waals surface area contributed by atoms with Gasteiger partial charge in [-0.05, 0) is 13.0 Å². The maximum absolute atomic E-state index is 12.7. The molecule has 1 amide bonds. The first-order chi connectivity index (χ1) is 10.6. The van der Waals surface area contributed by atoms with Crippen LogP contribution in [0.3, 0.4) is 0 Å². The van der Waals surface area contributed by atoms with E-state index in [-0.39, 0.29) is 17.6 Å². The Bertz CT molecular complexity index is 712. The summed E-state index contributed by atoms with van der Waals surface area (Å²) < 4.78 is 0. The first-order valence-corrected chi connectivity index (χ1v) is 7.79. The van der Waals surface area contributed by atoms with E-state index in [1.165, 1.54) is 4.90 Å². The van der Waals surface area contributed by atoms with Crippen molar-refractivity contribution in [2.75, 3.05) is 19.6 Å². The molecule has 3 rings (SSSR count). The molecule has 2 heterocycles. The van der Waals surface area contributed by atoms with Gasteiger partial charge < -0.3 is 15.6 Å². The molecule has 0 aliphatic carbocycles. The minimum Gasteiger partial charge on any atom is -0.369 e. The zero-order valence-electron chi connectivity index (χ0n) is 12.8. The number of hydrogen-bond acceptors (Lipinski definition) is 2. The summed E-state index contributed by atoms with van der Waals surface area (Å²) in [5.41, 5.74) is 8.09. The number of quaternary nitrogens is 1. The Morgan fingerprint density at radius 1 is 1.27 bits per heavy atom. The zero-order valence-corrected chi connectivity index (χ0v) is 12.8. The topological polar surface area (TPSA) is 80.4 Å². The third-order valence-corrected chi connectivity index (χ3v) is 4.68. The molecule has 0 saturated carbocycles. The average molecular weight is 300 g/mol. The lowest BCUT2D eigenvalue weighted by molar-refractivity contribution is -0.897. The van der Waals surface area contributed by atoms with Gasteiger partial charge in [0.25, 0.3) is 0 Å². The normalized spacial score (nSPS) is 21.9. The lowest BCUT2D eigenvalue weighted by Gasteiger charge is -2.27. The Morgan fingerprint density at radius 3 is 2.64 bits per heavy atom. The number of carbonyl (C=O) groups excluding carboxylic acids is 2. The van der Waals surface area contributed by atoms with Crippen LogP contribution in [0.25, 0.3) is 10.9 Å². The second-order valence-corrected chi connectivity index (χ2v) is 6.20. The minimum atomic E-state index is -0.210. The second kappa shape index (κ2) is 5.93. The van der Waals surface area contributed by atoms with Gasteiger partial charge >= 0.3 is 0 Å². The summed E-state index contributed by atoms with van der Waals surface area (Å²) in [5, 5.41) is 0.997. The highest BCUT2D eigenvalue weighted by Crippen LogP contribution is 2.21. The number of aromatic nitrogens is 1. The smallest absolute Gasteiger partial charge is 0.220 e. The summed E-state index contributed by atoms with van der Waals surface area (Å²) in [7, 11) is 0. The van der Waals surface area contributed by atoms with Crippen molar-refractivity contribution in [1.29, 1.82) is 0 Å². The first-order valence-electron chi connectivity index (χ1n) is 7.79. The van der Waals surface area contributed by atoms with Gasteiger partial charge in [0.1, 0.15) is 6.54 Å². The van der Waals surface area contributed by atoms with Crippen LogP contribution in [0.5, 0.6) is 0 Å². The predicted molar refractivity (Wildman–Crippen MR) is 84.8 cm³/mol. The van der Waals surface area contributed by atoms with Crippen molar-refractivity contribution in [1.82, 2.24) is 4.98 Å². The number of benzene rings is 1. The number of ketones is 1. The Balaban J connectivity index is 1.72. The number of nitrogens with two attached hydrogens (primary N) is 1. The molecule has 1 saturated heterocycles. The Morgan fingerprint density at radius 2 is 1.95 bits per heavy atom. The highest BCUT2D eigenvalue weighted by Gasteiger charge is 2.28. The van der Waals surface area contributed by atoms with Crippen LogP contribution in [0, 0.1) is 12.8 Å². The van der Waals surface area contributed by atoms with Crippen molar-refractivity contribution < 1.29 is 14.5 Å². The van der Waals surface area contributed by atoms with Gasteiger partial charge in [0.15, 0.2) is 0 Å². The molecule has 5 nitrogen and oxygen atoms in total. The molecule has 0 atom stereocenters. The van der Waals surface area contributed by atoms with Crippen molar-refractivity contribution in [3.05, 3.63) is 35.5 Å². The summed E-state index contributed by atoms with van der Waals surface area (Å²) in [5.74, 6) is -0.0611. The lowest BCUT2D eigenvalue weighted by atomic mass is 9.96. The fraction of sp³-hybridized carbons (Fsp3) is 0.412. The molecule has 2 aromatic rings. The number of likely N-dealkylation sites (tertiary alicyclic amines) is 1. The zero-order chi connectivity index (χ0) is 15.7. The quantitative estimate of drug-likeness (QED) is 0.716. The van der Waals surface area contributed by atoms with E-state index in [1.807, 2.05) is 31.2 Å². The monoisotopic (exact) mass is 300 g/mol. The van der Waals surface area contributed by atoms with Crippen LogP contribution in [0.2, 0.25) is 0 Å². The number of primary amides is 1. The van der Waals surface area contributed by atoms with Crippen LogP contribution < -0.4 is 10.6 Å². The summed E-state index contributed by atoms with van der Waals surface area (Å²) in [6.45, 7) is 4.09. The molecule has 1 aliphatic heterocycles. The van der Waals surface area contributed by atoms with E-state index < -0.39 is 0 Å². The molecule has 1 aromatic carbocycles. The molecule has 1 aliphatic rings. The molecular weight excluding hydrogens is 278 g/mol. The highest BCUT2D eigenvalue weighted by atomic mass is 16.1. The van der Waals surface area contributed by atoms with Crippen LogP contribution in [0.4, 0.5) is 0 Å². The third-order valence-electron chi connectivity index (χ3n) is 4.68. The molecule has 0 bridgehead atoms. The molecule has 0 unspecified atom stereocenters. The number of fused-ring (bicyclic) bond motifs is 1. The number of rotatable bonds is 4. The lowest BCUT2D eigenvalue weighted by Crippen LogP contribution is -3.14. The Hall–Kier alpha value is -2.14. The third kappa shape index (κ3) is 2.76. The number of hydrogen-bond donors (Lipinski definition) is 3. The van der Waals surface area contributed by atoms with Gasteiger partial charge in [0.2, 0.25) is 11.7 Å². The molecule has 22 heavy (non-hydrogen) atoms. The van der Waals surface area contributed by atoms with E-state index in [9.17, 15) is 9.59 Å². The maximum Gasteiger partial charge on any atom is 0.220 e. The van der Waals surface area contributed by atoms with Crippen LogP contribution in [0.15, 0.2) is 24.3 Å². The predicted octanol–water partition coefficient (Wildman–Crippen LogP) is 0.439. The number of piperidine rings is 1. The molecule has 1 aromatic heterocycles. The van der Waals surface area contributed by atoms with Crippen molar-refractivity contribution in [3.63, 3.8) is 0 Å². The van der Waals surface area contributed by atoms with Gasteiger partial charge in [0, 0.05) is 35.4 Å². The number of aromatic amines is 1. The number of para-hydroxylation sites is 1. The van der Waals surface area contributed by atoms with Crippen LogP contribution in [0.1, 0.15) is 28.9 Å². The van der Waals surface area contributed by atoms with Crippen molar-refractivity contribution in [3.8, 4) is 0 Å². The van der Waals surface area contributed by atoms with E-state index in [0.29, 0.717) is 6.54 Å². The largest absolute Gasteiger partial charge is 0.369 e. The number of carbonyl (C=O) groups is 2. The number of Topliss-reactive ketones (excluding diaryl/α,β-unsaturated/α-hetero) is 1. The van der Waals surface area contributed by atoms with Gasteiger partial charge in [-0.3, -0.25) is 9.59 Å². The van der Waals surface area contributed by atoms with E-state index in [4.69, 9.17) is 5.73 Å². The number of nitrogens with one attached hydrogen (secondary N) is 2. The molecular formula is C17H22N3O2+. The fourth-order valence-corrected chi connectivity index (χ4v) is 3.44. The summed E-state index contributed by atoms with van der Waals surface area (Å²) in [4.78, 5) is 28.4. The SMILES string of the molecule is Cc1[nH]c2ccccc2c1C(=O)C[NH+]1CCC(C(N)=O)CC1. The summed E-state index contributed by atoms with van der Waals surface area (Å²) in [6.07, 6.45) is 1.57. The van der Waals surface area contributed by atoms with Gasteiger partial charge in [-0.25, -0.2) is 0 Å². The number of aryl methyl sites for hydroxylation is 1. The fourth-order valence-electron chi connectivity index (χ4n) is 3.44. The van der Waals surface area contributed by atoms with Crippen molar-refractivity contribution >= 4 is 22.6 Å². The molecule has 0 spiro atoms. The van der Waals surface area contributed by atoms with E-state index >= 15 is 0 Å². The Kier molecular flexibility index (Phi) is 3.98. The highest BCUT2D eigenvalue weighted by molar-refractivity contribution is 6.09. The van der Waals surface area contributed by atoms with Gasteiger partial charge in [-0.15, -0.1) is 0 Å². The number of amides is 1. The van der Waals surface area contributed by atoms with E-state index in [1.54, 1.807) is 0 Å². The average Bonchev–Trinajstić information content (AvgIpc) is 2.83.